The van der Waals surface area contributed by atoms with Gasteiger partial charge >= 0.3 is 6.09 Å². The van der Waals surface area contributed by atoms with Gasteiger partial charge < -0.3 is 19.6 Å². The van der Waals surface area contributed by atoms with E-state index < -0.39 is 6.09 Å². The Labute approximate surface area is 141 Å². The molecule has 0 spiro atoms. The summed E-state index contributed by atoms with van der Waals surface area (Å²) in [6, 6.07) is 0.823. The van der Waals surface area contributed by atoms with Crippen LogP contribution < -0.4 is 0 Å². The molecule has 1 aliphatic heterocycles. The van der Waals surface area contributed by atoms with Gasteiger partial charge in [-0.05, 0) is 66.2 Å². The molecule has 134 valence electrons. The van der Waals surface area contributed by atoms with Crippen molar-refractivity contribution in [2.24, 2.45) is 0 Å². The van der Waals surface area contributed by atoms with Crippen LogP contribution in [0.1, 0.15) is 66.2 Å². The van der Waals surface area contributed by atoms with Crippen molar-refractivity contribution in [3.05, 3.63) is 0 Å². The Morgan fingerprint density at radius 2 is 1.70 bits per heavy atom. The molecule has 1 aliphatic carbocycles. The first-order chi connectivity index (χ1) is 10.8. The zero-order valence-electron chi connectivity index (χ0n) is 15.3. The molecule has 1 saturated carbocycles. The van der Waals surface area contributed by atoms with Crippen molar-refractivity contribution in [3.8, 4) is 0 Å². The Morgan fingerprint density at radius 1 is 1.13 bits per heavy atom. The molecule has 2 aliphatic rings. The van der Waals surface area contributed by atoms with Crippen molar-refractivity contribution in [2.75, 3.05) is 19.7 Å². The molecule has 0 unspecified atom stereocenters. The lowest BCUT2D eigenvalue weighted by Gasteiger charge is -2.46. The molecule has 5 nitrogen and oxygen atoms in total. The average Bonchev–Trinajstić information content (AvgIpc) is 2.47. The van der Waals surface area contributed by atoms with Gasteiger partial charge in [-0.15, -0.1) is 0 Å². The summed E-state index contributed by atoms with van der Waals surface area (Å²) in [6.45, 7) is 10.9. The van der Waals surface area contributed by atoms with E-state index in [1.165, 1.54) is 25.7 Å². The summed E-state index contributed by atoms with van der Waals surface area (Å²) < 4.78 is 5.74. The SMILES string of the molecule is CCO[C@H]1CC[C@@H](N2CCC(N(C(=O)O)C(C)(C)C)CC2)CC1. The van der Waals surface area contributed by atoms with E-state index in [-0.39, 0.29) is 11.6 Å². The topological polar surface area (TPSA) is 53.0 Å². The second kappa shape index (κ2) is 7.84. The third-order valence-electron chi connectivity index (χ3n) is 5.36. The summed E-state index contributed by atoms with van der Waals surface area (Å²) in [6.07, 6.45) is 6.35. The third-order valence-corrected chi connectivity index (χ3v) is 5.36. The van der Waals surface area contributed by atoms with Crippen LogP contribution in [0.15, 0.2) is 0 Å². The second-order valence-corrected chi connectivity index (χ2v) is 7.98. The van der Waals surface area contributed by atoms with Gasteiger partial charge in [0.05, 0.1) is 6.10 Å². The maximum atomic E-state index is 11.6. The first kappa shape index (κ1) is 18.5. The molecular weight excluding hydrogens is 292 g/mol. The van der Waals surface area contributed by atoms with Gasteiger partial charge in [0, 0.05) is 37.3 Å². The quantitative estimate of drug-likeness (QED) is 0.858. The fourth-order valence-corrected chi connectivity index (χ4v) is 4.31. The molecule has 0 aromatic heterocycles. The van der Waals surface area contributed by atoms with Crippen LogP contribution in [-0.4, -0.2) is 64.4 Å². The molecule has 0 bridgehead atoms. The maximum Gasteiger partial charge on any atom is 0.407 e. The van der Waals surface area contributed by atoms with Crippen molar-refractivity contribution < 1.29 is 14.6 Å². The smallest absolute Gasteiger partial charge is 0.407 e. The Kier molecular flexibility index (Phi) is 6.32. The van der Waals surface area contributed by atoms with Crippen molar-refractivity contribution >= 4 is 6.09 Å². The number of hydrogen-bond donors (Lipinski definition) is 1. The Hall–Kier alpha value is -0.810. The maximum absolute atomic E-state index is 11.6. The van der Waals surface area contributed by atoms with E-state index in [4.69, 9.17) is 4.74 Å². The lowest BCUT2D eigenvalue weighted by atomic mass is 9.89. The van der Waals surface area contributed by atoms with E-state index in [0.717, 1.165) is 32.5 Å². The van der Waals surface area contributed by atoms with Gasteiger partial charge in [-0.1, -0.05) is 0 Å². The number of rotatable bonds is 4. The molecular formula is C18H34N2O3. The third kappa shape index (κ3) is 4.83. The van der Waals surface area contributed by atoms with Crippen LogP contribution in [0.4, 0.5) is 4.79 Å². The summed E-state index contributed by atoms with van der Waals surface area (Å²) in [5.74, 6) is 0. The number of amides is 1. The highest BCUT2D eigenvalue weighted by Crippen LogP contribution is 2.30. The predicted octanol–water partition coefficient (Wildman–Crippen LogP) is 3.58. The molecule has 1 heterocycles. The lowest BCUT2D eigenvalue weighted by molar-refractivity contribution is -0.00244. The molecule has 0 radical (unpaired) electrons. The first-order valence-electron chi connectivity index (χ1n) is 9.20. The molecule has 2 fully saturated rings. The van der Waals surface area contributed by atoms with E-state index in [2.05, 4.69) is 11.8 Å². The number of hydrogen-bond acceptors (Lipinski definition) is 3. The van der Waals surface area contributed by atoms with E-state index in [1.807, 2.05) is 20.8 Å². The summed E-state index contributed by atoms with van der Waals surface area (Å²) in [7, 11) is 0. The highest BCUT2D eigenvalue weighted by molar-refractivity contribution is 5.66. The monoisotopic (exact) mass is 326 g/mol. The number of nitrogens with zero attached hydrogens (tertiary/aromatic N) is 2. The lowest BCUT2D eigenvalue weighted by Crippen LogP contribution is -2.56. The Balaban J connectivity index is 1.83. The molecule has 2 rings (SSSR count). The van der Waals surface area contributed by atoms with Crippen LogP contribution >= 0.6 is 0 Å². The van der Waals surface area contributed by atoms with Gasteiger partial charge in [-0.3, -0.25) is 0 Å². The Bertz CT molecular complexity index is 378. The molecule has 0 aromatic rings. The molecule has 1 saturated heterocycles. The number of likely N-dealkylation sites (tertiary alicyclic amines) is 1. The highest BCUT2D eigenvalue weighted by atomic mass is 16.5. The van der Waals surface area contributed by atoms with Crippen LogP contribution in [0.2, 0.25) is 0 Å². The van der Waals surface area contributed by atoms with Crippen LogP contribution in [0, 0.1) is 0 Å². The van der Waals surface area contributed by atoms with E-state index in [0.29, 0.717) is 12.1 Å². The minimum absolute atomic E-state index is 0.156. The first-order valence-corrected chi connectivity index (χ1v) is 9.20. The molecule has 23 heavy (non-hydrogen) atoms. The predicted molar refractivity (Wildman–Crippen MR) is 91.9 cm³/mol. The van der Waals surface area contributed by atoms with Gasteiger partial charge in [0.2, 0.25) is 0 Å². The zero-order chi connectivity index (χ0) is 17.0. The number of carbonyl (C=O) groups is 1. The molecule has 5 heteroatoms. The minimum Gasteiger partial charge on any atom is -0.465 e. The van der Waals surface area contributed by atoms with Crippen LogP contribution in [0.3, 0.4) is 0 Å². The van der Waals surface area contributed by atoms with Crippen LogP contribution in [0.5, 0.6) is 0 Å². The van der Waals surface area contributed by atoms with Gasteiger partial charge in [-0.25, -0.2) is 4.79 Å². The fraction of sp³-hybridized carbons (Fsp3) is 0.944. The average molecular weight is 326 g/mol. The molecule has 1 N–H and O–H groups in total. The largest absolute Gasteiger partial charge is 0.465 e. The summed E-state index contributed by atoms with van der Waals surface area (Å²) in [5, 5.41) is 9.55. The summed E-state index contributed by atoms with van der Waals surface area (Å²) >= 11 is 0. The Morgan fingerprint density at radius 3 is 2.13 bits per heavy atom. The van der Waals surface area contributed by atoms with E-state index in [1.54, 1.807) is 4.90 Å². The van der Waals surface area contributed by atoms with Crippen molar-refractivity contribution in [1.82, 2.24) is 9.80 Å². The summed E-state index contributed by atoms with van der Waals surface area (Å²) in [5.41, 5.74) is -0.325. The number of piperidine rings is 1. The molecule has 0 aromatic carbocycles. The van der Waals surface area contributed by atoms with E-state index >= 15 is 0 Å². The fourth-order valence-electron chi connectivity index (χ4n) is 4.31. The standard InChI is InChI=1S/C18H34N2O3/c1-5-23-16-8-6-14(7-9-16)19-12-10-15(11-13-19)20(17(21)22)18(2,3)4/h14-16H,5-13H2,1-4H3,(H,21,22)/t14-,16+. The van der Waals surface area contributed by atoms with Crippen molar-refractivity contribution in [1.29, 1.82) is 0 Å². The molecule has 0 atom stereocenters. The summed E-state index contributed by atoms with van der Waals surface area (Å²) in [4.78, 5) is 15.9. The van der Waals surface area contributed by atoms with Crippen molar-refractivity contribution in [3.63, 3.8) is 0 Å². The number of ether oxygens (including phenoxy) is 1. The van der Waals surface area contributed by atoms with Gasteiger partial charge in [0.1, 0.15) is 0 Å². The van der Waals surface area contributed by atoms with Crippen molar-refractivity contribution in [2.45, 2.75) is 89.9 Å². The van der Waals surface area contributed by atoms with Gasteiger partial charge in [-0.2, -0.15) is 0 Å². The van der Waals surface area contributed by atoms with E-state index in [9.17, 15) is 9.90 Å². The van der Waals surface area contributed by atoms with Crippen LogP contribution in [0.25, 0.3) is 0 Å². The number of carboxylic acid groups (broad SMARTS) is 1. The van der Waals surface area contributed by atoms with Gasteiger partial charge in [0.15, 0.2) is 0 Å². The highest BCUT2D eigenvalue weighted by Gasteiger charge is 2.36. The zero-order valence-corrected chi connectivity index (χ0v) is 15.3. The normalized spacial score (nSPS) is 27.8. The van der Waals surface area contributed by atoms with Crippen LogP contribution in [-0.2, 0) is 4.74 Å². The minimum atomic E-state index is -0.784. The van der Waals surface area contributed by atoms with Gasteiger partial charge in [0.25, 0.3) is 0 Å². The molecule has 1 amide bonds. The second-order valence-electron chi connectivity index (χ2n) is 7.98.